The van der Waals surface area contributed by atoms with E-state index in [1.165, 1.54) is 4.90 Å². The van der Waals surface area contributed by atoms with Crippen molar-refractivity contribution in [3.63, 3.8) is 0 Å². The Kier molecular flexibility index (Phi) is 5.49. The van der Waals surface area contributed by atoms with Crippen molar-refractivity contribution in [1.29, 1.82) is 0 Å². The smallest absolute Gasteiger partial charge is 0.296 e. The average Bonchev–Trinajstić information content (AvgIpc) is 3.04. The normalized spacial score (nSPS) is 17.7. The molecule has 1 aliphatic rings. The Morgan fingerprint density at radius 3 is 2.42 bits per heavy atom. The molecule has 1 amide bonds. The van der Waals surface area contributed by atoms with Crippen molar-refractivity contribution in [2.24, 2.45) is 0 Å². The molecule has 1 unspecified atom stereocenters. The van der Waals surface area contributed by atoms with Crippen LogP contribution in [0.5, 0.6) is 5.75 Å². The Morgan fingerprint density at radius 1 is 1.06 bits per heavy atom. The molecule has 0 aliphatic carbocycles. The molecule has 1 N–H and O–H groups in total. The predicted molar refractivity (Wildman–Crippen MR) is 114 cm³/mol. The summed E-state index contributed by atoms with van der Waals surface area (Å²) in [5, 5.41) is 11.1. The third kappa shape index (κ3) is 3.77. The van der Waals surface area contributed by atoms with Gasteiger partial charge in [-0.2, -0.15) is 0 Å². The molecule has 31 heavy (non-hydrogen) atoms. The van der Waals surface area contributed by atoms with Crippen molar-refractivity contribution in [1.82, 2.24) is 14.9 Å². The Hall–Kier alpha value is -4.00. The van der Waals surface area contributed by atoms with Gasteiger partial charge in [-0.25, -0.2) is 0 Å². The summed E-state index contributed by atoms with van der Waals surface area (Å²) in [4.78, 5) is 36.0. The van der Waals surface area contributed by atoms with Gasteiger partial charge < -0.3 is 14.7 Å². The number of aliphatic hydroxyl groups is 1. The van der Waals surface area contributed by atoms with Gasteiger partial charge in [0.1, 0.15) is 17.6 Å². The summed E-state index contributed by atoms with van der Waals surface area (Å²) in [5.41, 5.74) is 2.35. The topological polar surface area (TPSA) is 92.6 Å². The van der Waals surface area contributed by atoms with Gasteiger partial charge in [-0.05, 0) is 55.0 Å². The SMILES string of the molecule is COc1ccc(/C(O)=C2/C(=O)C(=O)N(Cc3ccccn3)C2c2ccccn2)cc1C. The molecule has 0 radical (unpaired) electrons. The summed E-state index contributed by atoms with van der Waals surface area (Å²) in [5.74, 6) is -1.04. The second kappa shape index (κ2) is 8.39. The Bertz CT molecular complexity index is 1160. The van der Waals surface area contributed by atoms with Crippen LogP contribution in [-0.2, 0) is 16.1 Å². The van der Waals surface area contributed by atoms with E-state index in [1.807, 2.05) is 13.0 Å². The van der Waals surface area contributed by atoms with Gasteiger partial charge in [0, 0.05) is 18.0 Å². The van der Waals surface area contributed by atoms with Gasteiger partial charge in [-0.15, -0.1) is 0 Å². The maximum absolute atomic E-state index is 13.0. The van der Waals surface area contributed by atoms with Crippen LogP contribution in [0, 0.1) is 6.92 Å². The molecule has 1 atom stereocenters. The van der Waals surface area contributed by atoms with Crippen LogP contribution in [0.1, 0.15) is 28.6 Å². The number of carbonyl (C=O) groups is 2. The zero-order chi connectivity index (χ0) is 22.0. The van der Waals surface area contributed by atoms with E-state index in [2.05, 4.69) is 9.97 Å². The molecule has 7 nitrogen and oxygen atoms in total. The lowest BCUT2D eigenvalue weighted by molar-refractivity contribution is -0.140. The largest absolute Gasteiger partial charge is 0.507 e. The van der Waals surface area contributed by atoms with Crippen molar-refractivity contribution in [2.75, 3.05) is 7.11 Å². The summed E-state index contributed by atoms with van der Waals surface area (Å²) >= 11 is 0. The number of nitrogens with zero attached hydrogens (tertiary/aromatic N) is 3. The lowest BCUT2D eigenvalue weighted by atomic mass is 9.97. The number of pyridine rings is 2. The van der Waals surface area contributed by atoms with E-state index >= 15 is 0 Å². The molecular weight excluding hydrogens is 394 g/mol. The van der Waals surface area contributed by atoms with Crippen molar-refractivity contribution < 1.29 is 19.4 Å². The zero-order valence-electron chi connectivity index (χ0n) is 17.1. The lowest BCUT2D eigenvalue weighted by Crippen LogP contribution is -2.29. The van der Waals surface area contributed by atoms with Gasteiger partial charge in [-0.1, -0.05) is 12.1 Å². The first-order valence-electron chi connectivity index (χ1n) is 9.75. The maximum atomic E-state index is 13.0. The van der Waals surface area contributed by atoms with Crippen molar-refractivity contribution in [3.8, 4) is 5.75 Å². The van der Waals surface area contributed by atoms with Gasteiger partial charge in [0.15, 0.2) is 0 Å². The number of rotatable bonds is 5. The highest BCUT2D eigenvalue weighted by Crippen LogP contribution is 2.39. The van der Waals surface area contributed by atoms with E-state index in [9.17, 15) is 14.7 Å². The number of Topliss-reactive ketones (excluding diaryl/α,β-unsaturated/α-hetero) is 1. The molecule has 1 aliphatic heterocycles. The minimum atomic E-state index is -0.828. The molecule has 0 saturated carbocycles. The van der Waals surface area contributed by atoms with E-state index in [-0.39, 0.29) is 17.9 Å². The van der Waals surface area contributed by atoms with Crippen molar-refractivity contribution in [3.05, 3.63) is 95.1 Å². The molecular formula is C24H21N3O4. The molecule has 0 bridgehead atoms. The Labute approximate surface area is 179 Å². The number of ketones is 1. The highest BCUT2D eigenvalue weighted by molar-refractivity contribution is 6.46. The summed E-state index contributed by atoms with van der Waals surface area (Å²) in [6.07, 6.45) is 3.22. The maximum Gasteiger partial charge on any atom is 0.296 e. The van der Waals surface area contributed by atoms with E-state index in [0.29, 0.717) is 22.7 Å². The summed E-state index contributed by atoms with van der Waals surface area (Å²) in [6.45, 7) is 1.95. The number of aromatic nitrogens is 2. The summed E-state index contributed by atoms with van der Waals surface area (Å²) in [7, 11) is 1.56. The van der Waals surface area contributed by atoms with Crippen molar-refractivity contribution in [2.45, 2.75) is 19.5 Å². The fraction of sp³-hybridized carbons (Fsp3) is 0.167. The fourth-order valence-electron chi connectivity index (χ4n) is 3.74. The molecule has 1 fully saturated rings. The van der Waals surface area contributed by atoms with Gasteiger partial charge in [-0.3, -0.25) is 19.6 Å². The number of amides is 1. The van der Waals surface area contributed by atoms with Crippen LogP contribution in [0.25, 0.3) is 5.76 Å². The van der Waals surface area contributed by atoms with E-state index in [0.717, 1.165) is 5.56 Å². The fourth-order valence-corrected chi connectivity index (χ4v) is 3.74. The number of benzene rings is 1. The van der Waals surface area contributed by atoms with Crippen LogP contribution < -0.4 is 4.74 Å². The number of aryl methyl sites for hydroxylation is 1. The summed E-state index contributed by atoms with van der Waals surface area (Å²) in [6, 6.07) is 14.9. The third-order valence-corrected chi connectivity index (χ3v) is 5.23. The van der Waals surface area contributed by atoms with E-state index < -0.39 is 17.7 Å². The number of hydrogen-bond donors (Lipinski definition) is 1. The molecule has 1 aromatic carbocycles. The van der Waals surface area contributed by atoms with Crippen LogP contribution in [0.15, 0.2) is 72.6 Å². The Balaban J connectivity index is 1.85. The van der Waals surface area contributed by atoms with Crippen LogP contribution in [0.2, 0.25) is 0 Å². The first-order chi connectivity index (χ1) is 15.0. The van der Waals surface area contributed by atoms with E-state index in [4.69, 9.17) is 4.74 Å². The first kappa shape index (κ1) is 20.3. The molecule has 0 spiro atoms. The van der Waals surface area contributed by atoms with Gasteiger partial charge in [0.05, 0.1) is 30.6 Å². The Morgan fingerprint density at radius 2 is 1.81 bits per heavy atom. The van der Waals surface area contributed by atoms with Crippen LogP contribution in [0.4, 0.5) is 0 Å². The number of ether oxygens (including phenoxy) is 1. The second-order valence-electron chi connectivity index (χ2n) is 7.19. The molecule has 3 aromatic rings. The number of carbonyl (C=O) groups excluding carboxylic acids is 2. The van der Waals surface area contributed by atoms with E-state index in [1.54, 1.807) is 68.0 Å². The molecule has 4 rings (SSSR count). The van der Waals surface area contributed by atoms with Gasteiger partial charge >= 0.3 is 0 Å². The monoisotopic (exact) mass is 415 g/mol. The highest BCUT2D eigenvalue weighted by Gasteiger charge is 2.46. The standard InChI is InChI=1S/C24H21N3O4/c1-15-13-16(9-10-19(15)31-2)22(28)20-21(18-8-4-6-12-26-18)27(24(30)23(20)29)14-17-7-3-5-11-25-17/h3-13,21,28H,14H2,1-2H3/b22-20-. The quantitative estimate of drug-likeness (QED) is 0.390. The molecule has 3 heterocycles. The summed E-state index contributed by atoms with van der Waals surface area (Å²) < 4.78 is 5.27. The predicted octanol–water partition coefficient (Wildman–Crippen LogP) is 3.42. The second-order valence-corrected chi connectivity index (χ2v) is 7.19. The number of aliphatic hydroxyl groups excluding tert-OH is 1. The van der Waals surface area contributed by atoms with Crippen molar-refractivity contribution >= 4 is 17.4 Å². The molecule has 2 aromatic heterocycles. The van der Waals surface area contributed by atoms with Crippen LogP contribution >= 0.6 is 0 Å². The minimum Gasteiger partial charge on any atom is -0.507 e. The lowest BCUT2D eigenvalue weighted by Gasteiger charge is -2.24. The average molecular weight is 415 g/mol. The number of likely N-dealkylation sites (tertiary alicyclic amines) is 1. The van der Waals surface area contributed by atoms with Gasteiger partial charge in [0.2, 0.25) is 0 Å². The third-order valence-electron chi connectivity index (χ3n) is 5.23. The molecule has 1 saturated heterocycles. The minimum absolute atomic E-state index is 0.00389. The highest BCUT2D eigenvalue weighted by atomic mass is 16.5. The molecule has 156 valence electrons. The van der Waals surface area contributed by atoms with Gasteiger partial charge in [0.25, 0.3) is 11.7 Å². The van der Waals surface area contributed by atoms with Crippen LogP contribution in [0.3, 0.4) is 0 Å². The molecule has 7 heteroatoms. The first-order valence-corrected chi connectivity index (χ1v) is 9.75. The zero-order valence-corrected chi connectivity index (χ0v) is 17.1. The van der Waals surface area contributed by atoms with Crippen LogP contribution in [-0.4, -0.2) is 38.8 Å². The number of hydrogen-bond acceptors (Lipinski definition) is 6. The number of methoxy groups -OCH3 is 1.